The van der Waals surface area contributed by atoms with Gasteiger partial charge in [0, 0.05) is 24.9 Å². The molecule has 0 radical (unpaired) electrons. The number of likely N-dealkylation sites (N-methyl/N-ethyl adjacent to an activating group) is 1. The van der Waals surface area contributed by atoms with Crippen molar-refractivity contribution >= 4 is 16.5 Å². The van der Waals surface area contributed by atoms with Crippen LogP contribution in [0.3, 0.4) is 0 Å². The Labute approximate surface area is 82.9 Å². The topological polar surface area (TPSA) is 42.1 Å². The van der Waals surface area contributed by atoms with E-state index in [1.807, 2.05) is 11.5 Å². The molecule has 1 aromatic rings. The van der Waals surface area contributed by atoms with Crippen LogP contribution < -0.4 is 5.73 Å². The largest absolute Gasteiger partial charge is 0.375 e. The van der Waals surface area contributed by atoms with E-state index < -0.39 is 0 Å². The Kier molecular flexibility index (Phi) is 3.92. The van der Waals surface area contributed by atoms with Gasteiger partial charge in [0.1, 0.15) is 0 Å². The fourth-order valence-corrected chi connectivity index (χ4v) is 1.65. The second-order valence-electron chi connectivity index (χ2n) is 2.98. The van der Waals surface area contributed by atoms with Crippen LogP contribution in [0, 0.1) is 0 Å². The van der Waals surface area contributed by atoms with Crippen molar-refractivity contribution in [3.8, 4) is 0 Å². The Morgan fingerprint density at radius 2 is 2.54 bits per heavy atom. The van der Waals surface area contributed by atoms with Crippen LogP contribution in [0.15, 0.2) is 18.0 Å². The standard InChI is InChI=1S/C9H15N3S/c1-3-5-12(2)6-4-8-7-13-9(10)11-8/h3,7H,1,4-6H2,2H3,(H2,10,11). The molecule has 3 nitrogen and oxygen atoms in total. The summed E-state index contributed by atoms with van der Waals surface area (Å²) >= 11 is 1.50. The normalized spacial score (nSPS) is 10.6. The van der Waals surface area contributed by atoms with Crippen molar-refractivity contribution in [3.05, 3.63) is 23.7 Å². The fraction of sp³-hybridized carbons (Fsp3) is 0.444. The third kappa shape index (κ3) is 3.57. The van der Waals surface area contributed by atoms with Crippen molar-refractivity contribution in [3.63, 3.8) is 0 Å². The van der Waals surface area contributed by atoms with Gasteiger partial charge in [-0.15, -0.1) is 17.9 Å². The second kappa shape index (κ2) is 4.99. The molecular weight excluding hydrogens is 182 g/mol. The van der Waals surface area contributed by atoms with Crippen LogP contribution in [0.4, 0.5) is 5.13 Å². The molecule has 1 rings (SSSR count). The highest BCUT2D eigenvalue weighted by molar-refractivity contribution is 7.13. The lowest BCUT2D eigenvalue weighted by molar-refractivity contribution is 0.374. The first-order valence-corrected chi connectivity index (χ1v) is 5.09. The SMILES string of the molecule is C=CCN(C)CCc1csc(N)n1. The maximum absolute atomic E-state index is 5.52. The summed E-state index contributed by atoms with van der Waals surface area (Å²) in [4.78, 5) is 6.38. The predicted octanol–water partition coefficient (Wildman–Crippen LogP) is 1.39. The first-order chi connectivity index (χ1) is 6.22. The van der Waals surface area contributed by atoms with E-state index in [-0.39, 0.29) is 0 Å². The fourth-order valence-electron chi connectivity index (χ4n) is 1.05. The second-order valence-corrected chi connectivity index (χ2v) is 3.87. The third-order valence-electron chi connectivity index (χ3n) is 1.76. The van der Waals surface area contributed by atoms with Crippen molar-refractivity contribution < 1.29 is 0 Å². The molecule has 2 N–H and O–H groups in total. The van der Waals surface area contributed by atoms with E-state index in [1.165, 1.54) is 11.3 Å². The molecule has 0 saturated heterocycles. The van der Waals surface area contributed by atoms with Gasteiger partial charge in [0.15, 0.2) is 5.13 Å². The van der Waals surface area contributed by atoms with Gasteiger partial charge in [-0.1, -0.05) is 6.08 Å². The Morgan fingerprint density at radius 1 is 1.77 bits per heavy atom. The molecule has 0 bridgehead atoms. The number of nitrogen functional groups attached to an aromatic ring is 1. The summed E-state index contributed by atoms with van der Waals surface area (Å²) < 4.78 is 0. The van der Waals surface area contributed by atoms with E-state index in [1.54, 1.807) is 0 Å². The smallest absolute Gasteiger partial charge is 0.180 e. The molecule has 0 atom stereocenters. The summed E-state index contributed by atoms with van der Waals surface area (Å²) in [5.74, 6) is 0. The molecule has 72 valence electrons. The molecule has 0 aliphatic heterocycles. The lowest BCUT2D eigenvalue weighted by atomic mass is 10.3. The molecule has 0 aromatic carbocycles. The Bertz CT molecular complexity index is 270. The molecule has 0 saturated carbocycles. The van der Waals surface area contributed by atoms with Gasteiger partial charge in [-0.3, -0.25) is 0 Å². The van der Waals surface area contributed by atoms with Crippen molar-refractivity contribution in [1.82, 2.24) is 9.88 Å². The minimum Gasteiger partial charge on any atom is -0.375 e. The summed E-state index contributed by atoms with van der Waals surface area (Å²) in [6.07, 6.45) is 2.85. The van der Waals surface area contributed by atoms with Crippen molar-refractivity contribution in [2.75, 3.05) is 25.9 Å². The minimum atomic E-state index is 0.654. The molecule has 0 spiro atoms. The molecule has 0 unspecified atom stereocenters. The number of anilines is 1. The maximum Gasteiger partial charge on any atom is 0.180 e. The van der Waals surface area contributed by atoms with Crippen LogP contribution in [0.25, 0.3) is 0 Å². The molecule has 0 fully saturated rings. The highest BCUT2D eigenvalue weighted by Gasteiger charge is 2.00. The van der Waals surface area contributed by atoms with Gasteiger partial charge in [-0.05, 0) is 7.05 Å². The zero-order valence-electron chi connectivity index (χ0n) is 7.86. The van der Waals surface area contributed by atoms with Gasteiger partial charge in [-0.2, -0.15) is 0 Å². The van der Waals surface area contributed by atoms with Crippen molar-refractivity contribution in [2.24, 2.45) is 0 Å². The van der Waals surface area contributed by atoms with Crippen LogP contribution in [0.2, 0.25) is 0 Å². The predicted molar refractivity (Wildman–Crippen MR) is 57.9 cm³/mol. The van der Waals surface area contributed by atoms with E-state index in [9.17, 15) is 0 Å². The van der Waals surface area contributed by atoms with Gasteiger partial charge in [0.25, 0.3) is 0 Å². The number of nitrogens with zero attached hydrogens (tertiary/aromatic N) is 2. The van der Waals surface area contributed by atoms with Gasteiger partial charge in [0.2, 0.25) is 0 Å². The molecule has 4 heteroatoms. The minimum absolute atomic E-state index is 0.654. The third-order valence-corrected chi connectivity index (χ3v) is 2.48. The van der Waals surface area contributed by atoms with Crippen LogP contribution >= 0.6 is 11.3 Å². The molecule has 1 heterocycles. The molecule has 1 aromatic heterocycles. The monoisotopic (exact) mass is 197 g/mol. The molecule has 0 amide bonds. The Balaban J connectivity index is 2.30. The summed E-state index contributed by atoms with van der Waals surface area (Å²) in [6, 6.07) is 0. The number of aromatic nitrogens is 1. The van der Waals surface area contributed by atoms with Gasteiger partial charge in [0.05, 0.1) is 5.69 Å². The summed E-state index contributed by atoms with van der Waals surface area (Å²) in [7, 11) is 2.07. The zero-order chi connectivity index (χ0) is 9.68. The lowest BCUT2D eigenvalue weighted by Gasteiger charge is -2.12. The average Bonchev–Trinajstić information content (AvgIpc) is 2.49. The van der Waals surface area contributed by atoms with E-state index in [4.69, 9.17) is 5.73 Å². The molecule has 0 aliphatic carbocycles. The van der Waals surface area contributed by atoms with Gasteiger partial charge in [-0.25, -0.2) is 4.98 Å². The number of rotatable bonds is 5. The van der Waals surface area contributed by atoms with E-state index >= 15 is 0 Å². The summed E-state index contributed by atoms with van der Waals surface area (Å²) in [5, 5.41) is 2.67. The number of hydrogen-bond acceptors (Lipinski definition) is 4. The zero-order valence-corrected chi connectivity index (χ0v) is 8.68. The maximum atomic E-state index is 5.52. The van der Waals surface area contributed by atoms with Crippen LogP contribution in [0.5, 0.6) is 0 Å². The number of thiazole rings is 1. The Hall–Kier alpha value is -0.870. The highest BCUT2D eigenvalue weighted by atomic mass is 32.1. The number of nitrogens with two attached hydrogens (primary N) is 1. The van der Waals surface area contributed by atoms with E-state index in [0.29, 0.717) is 5.13 Å². The van der Waals surface area contributed by atoms with Crippen LogP contribution in [0.1, 0.15) is 5.69 Å². The lowest BCUT2D eigenvalue weighted by Crippen LogP contribution is -2.21. The first-order valence-electron chi connectivity index (χ1n) is 4.21. The average molecular weight is 197 g/mol. The molecular formula is C9H15N3S. The molecule has 0 aliphatic rings. The molecule has 13 heavy (non-hydrogen) atoms. The van der Waals surface area contributed by atoms with Crippen LogP contribution in [-0.2, 0) is 6.42 Å². The Morgan fingerprint density at radius 3 is 3.08 bits per heavy atom. The van der Waals surface area contributed by atoms with Crippen molar-refractivity contribution in [1.29, 1.82) is 0 Å². The number of hydrogen-bond donors (Lipinski definition) is 1. The van der Waals surface area contributed by atoms with Crippen molar-refractivity contribution in [2.45, 2.75) is 6.42 Å². The van der Waals surface area contributed by atoms with Crippen LogP contribution in [-0.4, -0.2) is 30.0 Å². The van der Waals surface area contributed by atoms with Gasteiger partial charge < -0.3 is 10.6 Å². The highest BCUT2D eigenvalue weighted by Crippen LogP contribution is 2.11. The summed E-state index contributed by atoms with van der Waals surface area (Å²) in [5.41, 5.74) is 6.60. The van der Waals surface area contributed by atoms with Gasteiger partial charge >= 0.3 is 0 Å². The quantitative estimate of drug-likeness (QED) is 0.725. The first kappa shape index (κ1) is 10.2. The van der Waals surface area contributed by atoms with E-state index in [2.05, 4.69) is 23.5 Å². The van der Waals surface area contributed by atoms with E-state index in [0.717, 1.165) is 25.2 Å². The summed E-state index contributed by atoms with van der Waals surface area (Å²) in [6.45, 7) is 5.60.